The van der Waals surface area contributed by atoms with Crippen LogP contribution >= 0.6 is 0 Å². The molecule has 0 bridgehead atoms. The number of rotatable bonds is 3. The van der Waals surface area contributed by atoms with Crippen LogP contribution in [0.25, 0.3) is 0 Å². The third-order valence-electron chi connectivity index (χ3n) is 3.73. The first kappa shape index (κ1) is 12.6. The van der Waals surface area contributed by atoms with Gasteiger partial charge in [-0.2, -0.15) is 0 Å². The maximum atomic E-state index is 9.83. The molecule has 1 aromatic carbocycles. The Labute approximate surface area is 104 Å². The highest BCUT2D eigenvalue weighted by Gasteiger charge is 2.25. The summed E-state index contributed by atoms with van der Waals surface area (Å²) in [6.07, 6.45) is 3.42. The van der Waals surface area contributed by atoms with Crippen LogP contribution in [0.15, 0.2) is 24.3 Å². The Kier molecular flexibility index (Phi) is 4.19. The summed E-state index contributed by atoms with van der Waals surface area (Å²) in [6, 6.07) is 9.06. The molecule has 17 heavy (non-hydrogen) atoms. The van der Waals surface area contributed by atoms with Crippen LogP contribution in [0.2, 0.25) is 0 Å². The van der Waals surface area contributed by atoms with Crippen molar-refractivity contribution >= 4 is 0 Å². The molecule has 2 rings (SSSR count). The molecule has 0 amide bonds. The molecular formula is C15H23NO. The average molecular weight is 233 g/mol. The first-order valence-corrected chi connectivity index (χ1v) is 6.64. The Morgan fingerprint density at radius 3 is 2.65 bits per heavy atom. The molecule has 2 nitrogen and oxygen atoms in total. The van der Waals surface area contributed by atoms with E-state index in [0.717, 1.165) is 19.5 Å². The topological polar surface area (TPSA) is 23.5 Å². The van der Waals surface area contributed by atoms with Crippen LogP contribution in [-0.2, 0) is 6.54 Å². The quantitative estimate of drug-likeness (QED) is 0.867. The van der Waals surface area contributed by atoms with Crippen molar-refractivity contribution < 1.29 is 5.11 Å². The third-order valence-corrected chi connectivity index (χ3v) is 3.73. The van der Waals surface area contributed by atoms with Gasteiger partial charge >= 0.3 is 0 Å². The van der Waals surface area contributed by atoms with Gasteiger partial charge < -0.3 is 5.11 Å². The zero-order valence-corrected chi connectivity index (χ0v) is 10.9. The number of aliphatic hydroxyl groups is 1. The fraction of sp³-hybridized carbons (Fsp3) is 0.600. The number of hydrogen-bond donors (Lipinski definition) is 1. The number of benzene rings is 1. The van der Waals surface area contributed by atoms with E-state index in [-0.39, 0.29) is 6.10 Å². The van der Waals surface area contributed by atoms with E-state index in [1.165, 1.54) is 24.0 Å². The van der Waals surface area contributed by atoms with Crippen LogP contribution in [-0.4, -0.2) is 28.7 Å². The summed E-state index contributed by atoms with van der Waals surface area (Å²) in [7, 11) is 0. The first-order chi connectivity index (χ1) is 8.16. The molecule has 1 saturated heterocycles. The molecule has 2 atom stereocenters. The van der Waals surface area contributed by atoms with Gasteiger partial charge in [-0.05, 0) is 38.8 Å². The second-order valence-corrected chi connectivity index (χ2v) is 5.26. The second kappa shape index (κ2) is 5.65. The molecule has 2 unspecified atom stereocenters. The van der Waals surface area contributed by atoms with Gasteiger partial charge in [0.2, 0.25) is 0 Å². The number of aryl methyl sites for hydroxylation is 1. The number of aliphatic hydroxyl groups excluding tert-OH is 1. The minimum atomic E-state index is -0.222. The van der Waals surface area contributed by atoms with Gasteiger partial charge in [-0.15, -0.1) is 0 Å². The summed E-state index contributed by atoms with van der Waals surface area (Å²) >= 11 is 0. The molecule has 1 aliphatic heterocycles. The lowest BCUT2D eigenvalue weighted by molar-refractivity contribution is 0.0317. The van der Waals surface area contributed by atoms with E-state index in [1.54, 1.807) is 0 Å². The predicted octanol–water partition coefficient (Wildman–Crippen LogP) is 2.73. The smallest absolute Gasteiger partial charge is 0.0667 e. The fourth-order valence-corrected chi connectivity index (χ4v) is 2.69. The molecule has 2 heteroatoms. The zero-order chi connectivity index (χ0) is 12.3. The van der Waals surface area contributed by atoms with Gasteiger partial charge in [-0.25, -0.2) is 0 Å². The largest absolute Gasteiger partial charge is 0.392 e. The molecule has 0 aromatic heterocycles. The summed E-state index contributed by atoms with van der Waals surface area (Å²) in [5.41, 5.74) is 2.66. The molecule has 1 N–H and O–H groups in total. The second-order valence-electron chi connectivity index (χ2n) is 5.26. The Balaban J connectivity index is 2.02. The fourth-order valence-electron chi connectivity index (χ4n) is 2.69. The first-order valence-electron chi connectivity index (χ1n) is 6.64. The van der Waals surface area contributed by atoms with Crippen molar-refractivity contribution in [1.29, 1.82) is 0 Å². The summed E-state index contributed by atoms with van der Waals surface area (Å²) in [6.45, 7) is 6.11. The van der Waals surface area contributed by atoms with E-state index in [1.807, 2.05) is 6.92 Å². The molecule has 0 aliphatic carbocycles. The minimum Gasteiger partial charge on any atom is -0.392 e. The van der Waals surface area contributed by atoms with Crippen molar-refractivity contribution in [2.75, 3.05) is 6.54 Å². The van der Waals surface area contributed by atoms with E-state index >= 15 is 0 Å². The lowest BCUT2D eigenvalue weighted by Crippen LogP contribution is -2.45. The van der Waals surface area contributed by atoms with Crippen LogP contribution < -0.4 is 0 Å². The normalized spacial score (nSPS) is 23.6. The highest BCUT2D eigenvalue weighted by atomic mass is 16.3. The number of piperidine rings is 1. The van der Waals surface area contributed by atoms with Gasteiger partial charge in [0.1, 0.15) is 0 Å². The number of likely N-dealkylation sites (tertiary alicyclic amines) is 1. The molecule has 1 aromatic rings. The van der Waals surface area contributed by atoms with Crippen molar-refractivity contribution in [2.45, 2.75) is 51.8 Å². The van der Waals surface area contributed by atoms with E-state index < -0.39 is 0 Å². The molecule has 1 heterocycles. The summed E-state index contributed by atoms with van der Waals surface area (Å²) < 4.78 is 0. The maximum Gasteiger partial charge on any atom is 0.0667 e. The summed E-state index contributed by atoms with van der Waals surface area (Å²) in [5.74, 6) is 0. The van der Waals surface area contributed by atoms with Gasteiger partial charge in [0.25, 0.3) is 0 Å². The predicted molar refractivity (Wildman–Crippen MR) is 70.9 cm³/mol. The van der Waals surface area contributed by atoms with Crippen LogP contribution in [0.3, 0.4) is 0 Å². The average Bonchev–Trinajstić information content (AvgIpc) is 2.32. The van der Waals surface area contributed by atoms with Crippen LogP contribution in [0.1, 0.15) is 37.3 Å². The molecule has 0 radical (unpaired) electrons. The van der Waals surface area contributed by atoms with E-state index in [4.69, 9.17) is 0 Å². The Bertz CT molecular complexity index is 344. The van der Waals surface area contributed by atoms with Crippen molar-refractivity contribution in [3.8, 4) is 0 Å². The van der Waals surface area contributed by atoms with Gasteiger partial charge in [0.15, 0.2) is 0 Å². The summed E-state index contributed by atoms with van der Waals surface area (Å²) in [4.78, 5) is 2.43. The van der Waals surface area contributed by atoms with Crippen molar-refractivity contribution in [3.63, 3.8) is 0 Å². The van der Waals surface area contributed by atoms with E-state index in [0.29, 0.717) is 6.04 Å². The molecular weight excluding hydrogens is 210 g/mol. The minimum absolute atomic E-state index is 0.222. The molecule has 0 spiro atoms. The Morgan fingerprint density at radius 1 is 1.29 bits per heavy atom. The van der Waals surface area contributed by atoms with Gasteiger partial charge in [0.05, 0.1) is 6.10 Å². The molecule has 0 saturated carbocycles. The molecule has 94 valence electrons. The van der Waals surface area contributed by atoms with Crippen molar-refractivity contribution in [1.82, 2.24) is 4.90 Å². The van der Waals surface area contributed by atoms with Gasteiger partial charge in [0, 0.05) is 12.6 Å². The summed E-state index contributed by atoms with van der Waals surface area (Å²) in [5, 5.41) is 9.83. The maximum absolute atomic E-state index is 9.83. The lowest BCUT2D eigenvalue weighted by atomic mass is 9.97. The Hall–Kier alpha value is -0.860. The molecule has 1 aliphatic rings. The van der Waals surface area contributed by atoms with Crippen LogP contribution in [0.4, 0.5) is 0 Å². The third kappa shape index (κ3) is 3.30. The number of nitrogens with zero attached hydrogens (tertiary/aromatic N) is 1. The van der Waals surface area contributed by atoms with Crippen LogP contribution in [0, 0.1) is 6.92 Å². The van der Waals surface area contributed by atoms with Gasteiger partial charge in [-0.1, -0.05) is 36.2 Å². The lowest BCUT2D eigenvalue weighted by Gasteiger charge is -2.37. The highest BCUT2D eigenvalue weighted by molar-refractivity contribution is 5.21. The Morgan fingerprint density at radius 2 is 2.00 bits per heavy atom. The van der Waals surface area contributed by atoms with Gasteiger partial charge in [-0.3, -0.25) is 4.90 Å². The molecule has 1 fully saturated rings. The number of hydrogen-bond acceptors (Lipinski definition) is 2. The van der Waals surface area contributed by atoms with E-state index in [2.05, 4.69) is 36.1 Å². The van der Waals surface area contributed by atoms with E-state index in [9.17, 15) is 5.11 Å². The standard InChI is InChI=1S/C15H23NO/c1-12-6-8-14(9-7-12)11-16-10-4-3-5-15(16)13(2)17/h6-9,13,15,17H,3-5,10-11H2,1-2H3. The monoisotopic (exact) mass is 233 g/mol. The zero-order valence-electron chi connectivity index (χ0n) is 10.9. The van der Waals surface area contributed by atoms with Crippen molar-refractivity contribution in [3.05, 3.63) is 35.4 Å². The van der Waals surface area contributed by atoms with Crippen LogP contribution in [0.5, 0.6) is 0 Å². The SMILES string of the molecule is Cc1ccc(CN2CCCCC2C(C)O)cc1. The highest BCUT2D eigenvalue weighted by Crippen LogP contribution is 2.22. The van der Waals surface area contributed by atoms with Crippen molar-refractivity contribution in [2.24, 2.45) is 0 Å².